The van der Waals surface area contributed by atoms with E-state index >= 15 is 0 Å². The second kappa shape index (κ2) is 30.2. The molecule has 13 unspecified atom stereocenters. The molecule has 5 fully saturated rings. The van der Waals surface area contributed by atoms with E-state index in [2.05, 4.69) is 19.2 Å². The molecule has 25 nitrogen and oxygen atoms in total. The third kappa shape index (κ3) is 16.0. The van der Waals surface area contributed by atoms with E-state index in [1.165, 1.54) is 32.1 Å². The maximum absolute atomic E-state index is 13.9. The van der Waals surface area contributed by atoms with E-state index in [0.29, 0.717) is 25.2 Å². The summed E-state index contributed by atoms with van der Waals surface area (Å²) in [5.74, 6) is -1.45. The van der Waals surface area contributed by atoms with Gasteiger partial charge >= 0.3 is 5.97 Å². The lowest BCUT2D eigenvalue weighted by Gasteiger charge is -2.48. The van der Waals surface area contributed by atoms with Gasteiger partial charge in [0.25, 0.3) is 0 Å². The zero-order chi connectivity index (χ0) is 54.3. The number of ether oxygens (including phenoxy) is 8. The van der Waals surface area contributed by atoms with E-state index in [1.54, 1.807) is 0 Å². The van der Waals surface area contributed by atoms with Gasteiger partial charge in [-0.05, 0) is 38.0 Å². The largest absolute Gasteiger partial charge is 0.479 e. The summed E-state index contributed by atoms with van der Waals surface area (Å²) in [6, 6.07) is 0. The maximum atomic E-state index is 13.9. The summed E-state index contributed by atoms with van der Waals surface area (Å²) in [4.78, 5) is 39.1. The van der Waals surface area contributed by atoms with Crippen molar-refractivity contribution in [3.05, 3.63) is 0 Å². The van der Waals surface area contributed by atoms with Crippen LogP contribution in [0.2, 0.25) is 0 Å². The Bertz CT molecular complexity index is 1670. The second-order valence-electron chi connectivity index (χ2n) is 20.6. The molecule has 0 aromatic heterocycles. The number of nitrogens with one attached hydrogen (secondary N) is 1. The second-order valence-corrected chi connectivity index (χ2v) is 20.6. The maximum Gasteiger partial charge on any atom is 0.335 e. The van der Waals surface area contributed by atoms with Gasteiger partial charge in [-0.2, -0.15) is 0 Å². The monoisotopic (exact) mass is 1070 g/mol. The number of carbonyl (C=O) groups is 3. The highest BCUT2D eigenvalue weighted by Crippen LogP contribution is 2.43. The Kier molecular flexibility index (Phi) is 25.6. The number of unbranched alkanes of at least 4 members (excludes halogenated alkanes) is 3. The highest BCUT2D eigenvalue weighted by Gasteiger charge is 2.56. The summed E-state index contributed by atoms with van der Waals surface area (Å²) in [6.45, 7) is 1.41. The smallest absolute Gasteiger partial charge is 0.335 e. The van der Waals surface area contributed by atoms with Gasteiger partial charge in [0, 0.05) is 24.8 Å². The van der Waals surface area contributed by atoms with Gasteiger partial charge in [0.05, 0.1) is 26.4 Å². The van der Waals surface area contributed by atoms with E-state index in [4.69, 9.17) is 37.9 Å². The summed E-state index contributed by atoms with van der Waals surface area (Å²) in [6.07, 6.45) is -21.8. The molecule has 5 aliphatic rings. The van der Waals surface area contributed by atoms with Crippen molar-refractivity contribution >= 4 is 17.7 Å². The quantitative estimate of drug-likeness (QED) is 0.0415. The molecule has 0 bridgehead atoms. The van der Waals surface area contributed by atoms with Crippen LogP contribution in [0, 0.1) is 11.3 Å². The highest BCUT2D eigenvalue weighted by atomic mass is 16.8. The van der Waals surface area contributed by atoms with Gasteiger partial charge in [-0.25, -0.2) is 4.79 Å². The number of Topliss-reactive ketones (excluding diaryl/α,β-unsaturated/α-hetero) is 1. The molecule has 25 heteroatoms. The number of carboxylic acids is 1. The summed E-state index contributed by atoms with van der Waals surface area (Å²) in [5.41, 5.74) is -0.375. The molecule has 0 radical (unpaired) electrons. The zero-order valence-corrected chi connectivity index (χ0v) is 42.5. The zero-order valence-electron chi connectivity index (χ0n) is 42.5. The summed E-state index contributed by atoms with van der Waals surface area (Å²) in [7, 11) is 0. The Morgan fingerprint density at radius 1 is 0.541 bits per heavy atom. The fourth-order valence-corrected chi connectivity index (χ4v) is 10.7. The number of carboxylic acid groups (broad SMARTS) is 1. The lowest BCUT2D eigenvalue weighted by Crippen LogP contribution is -2.68. The van der Waals surface area contributed by atoms with Gasteiger partial charge in [0.2, 0.25) is 5.91 Å². The Balaban J connectivity index is 1.08. The van der Waals surface area contributed by atoms with Crippen molar-refractivity contribution in [2.45, 2.75) is 246 Å². The Labute approximate surface area is 430 Å². The summed E-state index contributed by atoms with van der Waals surface area (Å²) in [5, 5.41) is 140. The molecule has 4 heterocycles. The average molecular weight is 1070 g/mol. The van der Waals surface area contributed by atoms with E-state index in [-0.39, 0.29) is 36.7 Å². The molecule has 4 aliphatic heterocycles. The third-order valence-electron chi connectivity index (χ3n) is 15.4. The van der Waals surface area contributed by atoms with Crippen molar-refractivity contribution in [1.29, 1.82) is 0 Å². The minimum Gasteiger partial charge on any atom is -0.479 e. The normalized spacial score (nSPS) is 39.7. The van der Waals surface area contributed by atoms with Crippen molar-refractivity contribution in [3.63, 3.8) is 0 Å². The summed E-state index contributed by atoms with van der Waals surface area (Å²) < 4.78 is 44.2. The van der Waals surface area contributed by atoms with E-state index < -0.39 is 149 Å². The topological polar surface area (TPSA) is 400 Å². The van der Waals surface area contributed by atoms with Gasteiger partial charge in [-0.3, -0.25) is 9.59 Å². The molecule has 5 rings (SSSR count). The lowest BCUT2D eigenvalue weighted by atomic mass is 9.65. The molecular weight excluding hydrogens is 987 g/mol. The number of aliphatic carboxylic acids is 1. The van der Waals surface area contributed by atoms with Gasteiger partial charge in [0.1, 0.15) is 97.3 Å². The van der Waals surface area contributed by atoms with Gasteiger partial charge in [-0.15, -0.1) is 0 Å². The number of aliphatic hydroxyl groups is 12. The molecule has 0 aromatic carbocycles. The number of aliphatic hydroxyl groups excluding tert-OH is 12. The Morgan fingerprint density at radius 3 is 1.54 bits per heavy atom. The van der Waals surface area contributed by atoms with Crippen LogP contribution in [0.15, 0.2) is 0 Å². The molecule has 1 aliphatic carbocycles. The average Bonchev–Trinajstić information content (AvgIpc) is 3.38. The predicted molar refractivity (Wildman–Crippen MR) is 252 cm³/mol. The van der Waals surface area contributed by atoms with Crippen LogP contribution in [0.4, 0.5) is 0 Å². The molecule has 74 heavy (non-hydrogen) atoms. The van der Waals surface area contributed by atoms with Crippen LogP contribution < -0.4 is 5.32 Å². The van der Waals surface area contributed by atoms with Gasteiger partial charge in [-0.1, -0.05) is 78.1 Å². The van der Waals surface area contributed by atoms with Crippen LogP contribution in [0.25, 0.3) is 0 Å². The fourth-order valence-electron chi connectivity index (χ4n) is 10.7. The van der Waals surface area contributed by atoms with Crippen molar-refractivity contribution in [2.24, 2.45) is 11.3 Å². The standard InChI is InChI=1S/C49H85NO24/c1-3-4-14-19-49(2,25-15-10-8-6-5-7-9-11-16-25)29(54)17-12-13-18-30(55)50-20-21-67-45-37(62)33(58)40(27(23-52)69-45)72-48-39(64)35(60)42(43(74-48)44(65)66)73-47-38(63)34(59)41(28(24-53)70-47)71-46-36(61)32(57)31(56)26(22-51)68-46/h25-28,31-43,45-48,51-53,56-64H,3-24H2,1-2H3,(H,50,55)(H,65,66)/t26?,27?,28?,31-,32?,33?,34?,35?,36?,37?,38?,39?,40-,41+,42+,43?,45-,46-,47-,48-,49?/m1/s1. The number of hydrogen-bond acceptors (Lipinski definition) is 23. The molecule has 1 saturated carbocycles. The van der Waals surface area contributed by atoms with Crippen LogP contribution in [0.5, 0.6) is 0 Å². The first-order valence-electron chi connectivity index (χ1n) is 26.5. The first kappa shape index (κ1) is 62.7. The van der Waals surface area contributed by atoms with Crippen molar-refractivity contribution in [2.75, 3.05) is 33.0 Å². The molecule has 0 aromatic rings. The van der Waals surface area contributed by atoms with Crippen LogP contribution in [-0.2, 0) is 52.3 Å². The van der Waals surface area contributed by atoms with Crippen LogP contribution in [0.1, 0.15) is 123 Å². The predicted octanol–water partition coefficient (Wildman–Crippen LogP) is -2.66. The van der Waals surface area contributed by atoms with Crippen molar-refractivity contribution in [3.8, 4) is 0 Å². The highest BCUT2D eigenvalue weighted by molar-refractivity contribution is 5.85. The number of ketones is 1. The third-order valence-corrected chi connectivity index (χ3v) is 15.4. The van der Waals surface area contributed by atoms with Crippen LogP contribution >= 0.6 is 0 Å². The molecule has 1 amide bonds. The first-order chi connectivity index (χ1) is 35.3. The Hall–Kier alpha value is -2.19. The summed E-state index contributed by atoms with van der Waals surface area (Å²) >= 11 is 0. The molecule has 14 N–H and O–H groups in total. The lowest BCUT2D eigenvalue weighted by molar-refractivity contribution is -0.385. The molecule has 430 valence electrons. The van der Waals surface area contributed by atoms with Crippen LogP contribution in [-0.4, -0.2) is 240 Å². The molecular formula is C49H85NO24. The molecule has 4 saturated heterocycles. The number of carbonyl (C=O) groups excluding carboxylic acids is 2. The fraction of sp³-hybridized carbons (Fsp3) is 0.939. The SMILES string of the molecule is CCCCCC(C)(C(=O)CCCCC(=O)NCCO[C@@H]1OC(CO)[C@@H](O[C@@H]2OC(C(=O)O)[C@@H](O[C@H]3OC(CO)[C@H](O[C@H]4OC(CO)[C@@H](O)C(O)C4O)C(O)C3O)C(O)C2O)C(O)C1O)C1CCCCCCCCC1. The number of hydrogen-bond donors (Lipinski definition) is 14. The first-order valence-corrected chi connectivity index (χ1v) is 26.5. The van der Waals surface area contributed by atoms with Crippen molar-refractivity contribution in [1.82, 2.24) is 5.32 Å². The van der Waals surface area contributed by atoms with Gasteiger partial charge in [0.15, 0.2) is 31.3 Å². The molecule has 0 spiro atoms. The number of amides is 1. The van der Waals surface area contributed by atoms with Crippen LogP contribution in [0.3, 0.4) is 0 Å². The van der Waals surface area contributed by atoms with E-state index in [0.717, 1.165) is 51.4 Å². The van der Waals surface area contributed by atoms with E-state index in [9.17, 15) is 80.8 Å². The number of rotatable bonds is 25. The van der Waals surface area contributed by atoms with Gasteiger partial charge < -0.3 is 110 Å². The van der Waals surface area contributed by atoms with E-state index in [1.807, 2.05) is 0 Å². The minimum atomic E-state index is -2.25. The Morgan fingerprint density at radius 2 is 1.00 bits per heavy atom. The minimum absolute atomic E-state index is 0.0276. The van der Waals surface area contributed by atoms with Crippen molar-refractivity contribution < 1.29 is 119 Å². The molecule has 21 atom stereocenters.